The number of aliphatic hydroxyl groups is 1. The third-order valence-electron chi connectivity index (χ3n) is 3.65. The highest BCUT2D eigenvalue weighted by atomic mass is 16.6. The fraction of sp³-hybridized carbons (Fsp3) is 0.933. The number of hydrogen-bond acceptors (Lipinski definition) is 4. The number of piperidine rings is 1. The lowest BCUT2D eigenvalue weighted by Gasteiger charge is -2.36. The van der Waals surface area contributed by atoms with E-state index in [9.17, 15) is 4.79 Å². The normalized spacial score (nSPS) is 19.6. The first-order chi connectivity index (χ1) is 9.31. The van der Waals surface area contributed by atoms with Gasteiger partial charge in [-0.1, -0.05) is 0 Å². The highest BCUT2D eigenvalue weighted by Gasteiger charge is 2.25. The average molecular weight is 286 g/mol. The minimum Gasteiger partial charge on any atom is -0.444 e. The zero-order valence-corrected chi connectivity index (χ0v) is 13.3. The van der Waals surface area contributed by atoms with Gasteiger partial charge in [-0.05, 0) is 53.4 Å². The van der Waals surface area contributed by atoms with Crippen LogP contribution in [-0.2, 0) is 4.74 Å². The molecule has 5 heteroatoms. The highest BCUT2D eigenvalue weighted by Crippen LogP contribution is 2.16. The van der Waals surface area contributed by atoms with Crippen LogP contribution in [0, 0.1) is 0 Å². The van der Waals surface area contributed by atoms with E-state index in [2.05, 4.69) is 17.1 Å². The van der Waals surface area contributed by atoms with E-state index in [0.29, 0.717) is 6.04 Å². The Kier molecular flexibility index (Phi) is 6.76. The van der Waals surface area contributed by atoms with E-state index in [-0.39, 0.29) is 18.7 Å². The van der Waals surface area contributed by atoms with Gasteiger partial charge in [0.15, 0.2) is 0 Å². The van der Waals surface area contributed by atoms with Crippen molar-refractivity contribution >= 4 is 6.09 Å². The van der Waals surface area contributed by atoms with Gasteiger partial charge in [-0.3, -0.25) is 0 Å². The summed E-state index contributed by atoms with van der Waals surface area (Å²) in [7, 11) is 0. The maximum Gasteiger partial charge on any atom is 0.407 e. The Labute approximate surface area is 122 Å². The zero-order valence-electron chi connectivity index (χ0n) is 13.3. The van der Waals surface area contributed by atoms with E-state index >= 15 is 0 Å². The molecule has 1 heterocycles. The van der Waals surface area contributed by atoms with Crippen molar-refractivity contribution in [2.24, 2.45) is 0 Å². The molecule has 1 saturated heterocycles. The summed E-state index contributed by atoms with van der Waals surface area (Å²) >= 11 is 0. The van der Waals surface area contributed by atoms with Gasteiger partial charge in [0.2, 0.25) is 0 Å². The first kappa shape index (κ1) is 17.2. The van der Waals surface area contributed by atoms with E-state index in [4.69, 9.17) is 9.84 Å². The van der Waals surface area contributed by atoms with Gasteiger partial charge in [-0.25, -0.2) is 4.79 Å². The van der Waals surface area contributed by atoms with Crippen LogP contribution in [0.1, 0.15) is 53.4 Å². The third-order valence-corrected chi connectivity index (χ3v) is 3.65. The minimum atomic E-state index is -0.441. The molecule has 1 aliphatic rings. The summed E-state index contributed by atoms with van der Waals surface area (Å²) in [6.45, 7) is 10.1. The summed E-state index contributed by atoms with van der Waals surface area (Å²) in [5.74, 6) is 0. The molecule has 0 unspecified atom stereocenters. The molecule has 2 N–H and O–H groups in total. The predicted molar refractivity (Wildman–Crippen MR) is 79.7 cm³/mol. The van der Waals surface area contributed by atoms with E-state index < -0.39 is 5.60 Å². The first-order valence-electron chi connectivity index (χ1n) is 7.66. The fourth-order valence-electron chi connectivity index (χ4n) is 2.53. The highest BCUT2D eigenvalue weighted by molar-refractivity contribution is 5.68. The van der Waals surface area contributed by atoms with Crippen molar-refractivity contribution in [3.63, 3.8) is 0 Å². The second-order valence-electron chi connectivity index (χ2n) is 6.67. The van der Waals surface area contributed by atoms with Gasteiger partial charge < -0.3 is 20.1 Å². The van der Waals surface area contributed by atoms with Gasteiger partial charge in [0.05, 0.1) is 0 Å². The Hall–Kier alpha value is -0.810. The Morgan fingerprint density at radius 1 is 1.40 bits per heavy atom. The van der Waals surface area contributed by atoms with E-state index in [1.54, 1.807) is 0 Å². The summed E-state index contributed by atoms with van der Waals surface area (Å²) in [6, 6.07) is 0.718. The number of aliphatic hydroxyl groups excluding tert-OH is 1. The van der Waals surface area contributed by atoms with Gasteiger partial charge in [0.1, 0.15) is 5.60 Å². The van der Waals surface area contributed by atoms with Crippen LogP contribution in [0.5, 0.6) is 0 Å². The van der Waals surface area contributed by atoms with E-state index in [0.717, 1.165) is 38.8 Å². The van der Waals surface area contributed by atoms with Gasteiger partial charge in [-0.2, -0.15) is 0 Å². The summed E-state index contributed by atoms with van der Waals surface area (Å²) in [4.78, 5) is 14.1. The topological polar surface area (TPSA) is 61.8 Å². The molecule has 1 rings (SSSR count). The quantitative estimate of drug-likeness (QED) is 0.813. The van der Waals surface area contributed by atoms with Crippen molar-refractivity contribution in [3.05, 3.63) is 0 Å². The van der Waals surface area contributed by atoms with Crippen LogP contribution in [0.25, 0.3) is 0 Å². The number of likely N-dealkylation sites (tertiary alicyclic amines) is 1. The number of hydrogen-bond donors (Lipinski definition) is 2. The summed E-state index contributed by atoms with van der Waals surface area (Å²) in [5.41, 5.74) is -0.441. The number of carbonyl (C=O) groups excluding carboxylic acids is 1. The molecular formula is C15H30N2O3. The molecule has 0 aromatic heterocycles. The maximum absolute atomic E-state index is 11.7. The number of alkyl carbamates (subject to hydrolysis) is 1. The smallest absolute Gasteiger partial charge is 0.407 e. The molecule has 0 saturated carbocycles. The van der Waals surface area contributed by atoms with Gasteiger partial charge in [0, 0.05) is 31.8 Å². The number of nitrogens with one attached hydrogen (secondary N) is 1. The molecule has 0 aliphatic carbocycles. The lowest BCUT2D eigenvalue weighted by molar-refractivity contribution is 0.0468. The van der Waals surface area contributed by atoms with Crippen molar-refractivity contribution in [2.75, 3.05) is 19.7 Å². The average Bonchev–Trinajstić information content (AvgIpc) is 2.34. The summed E-state index contributed by atoms with van der Waals surface area (Å²) in [6.07, 6.45) is 3.49. The van der Waals surface area contributed by atoms with Crippen LogP contribution in [0.3, 0.4) is 0 Å². The molecule has 118 valence electrons. The number of carbonyl (C=O) groups is 1. The molecule has 0 radical (unpaired) electrons. The molecule has 0 spiro atoms. The maximum atomic E-state index is 11.7. The number of amides is 1. The molecular weight excluding hydrogens is 256 g/mol. The molecule has 1 amide bonds. The molecule has 1 atom stereocenters. The lowest BCUT2D eigenvalue weighted by Crippen LogP contribution is -2.48. The fourth-order valence-corrected chi connectivity index (χ4v) is 2.53. The predicted octanol–water partition coefficient (Wildman–Crippen LogP) is 2.14. The Morgan fingerprint density at radius 2 is 2.00 bits per heavy atom. The van der Waals surface area contributed by atoms with Crippen LogP contribution >= 0.6 is 0 Å². The standard InChI is InChI=1S/C15H30N2O3/c1-12(6-5-11-18)17-9-7-13(8-10-17)16-14(19)20-15(2,3)4/h12-13,18H,5-11H2,1-4H3,(H,16,19)/t12-/m0/s1. The molecule has 5 nitrogen and oxygen atoms in total. The molecule has 0 bridgehead atoms. The van der Waals surface area contributed by atoms with Crippen molar-refractivity contribution in [2.45, 2.75) is 71.1 Å². The van der Waals surface area contributed by atoms with Crippen LogP contribution in [0.15, 0.2) is 0 Å². The Morgan fingerprint density at radius 3 is 2.50 bits per heavy atom. The van der Waals surface area contributed by atoms with Crippen molar-refractivity contribution in [1.29, 1.82) is 0 Å². The summed E-state index contributed by atoms with van der Waals surface area (Å²) in [5, 5.41) is 11.8. The molecule has 0 aromatic rings. The molecule has 1 aliphatic heterocycles. The third kappa shape index (κ3) is 6.57. The number of ether oxygens (including phenoxy) is 1. The molecule has 0 aromatic carbocycles. The molecule has 1 fully saturated rings. The van der Waals surface area contributed by atoms with Crippen LogP contribution < -0.4 is 5.32 Å². The van der Waals surface area contributed by atoms with Crippen molar-refractivity contribution < 1.29 is 14.6 Å². The number of rotatable bonds is 5. The van der Waals surface area contributed by atoms with Gasteiger partial charge >= 0.3 is 6.09 Å². The van der Waals surface area contributed by atoms with E-state index in [1.807, 2.05) is 20.8 Å². The minimum absolute atomic E-state index is 0.214. The number of nitrogens with zero attached hydrogens (tertiary/aromatic N) is 1. The zero-order chi connectivity index (χ0) is 15.2. The Bertz CT molecular complexity index is 294. The van der Waals surface area contributed by atoms with Crippen LogP contribution in [-0.4, -0.2) is 53.5 Å². The van der Waals surface area contributed by atoms with Crippen molar-refractivity contribution in [3.8, 4) is 0 Å². The second kappa shape index (κ2) is 7.84. The van der Waals surface area contributed by atoms with Crippen molar-refractivity contribution in [1.82, 2.24) is 10.2 Å². The Balaban J connectivity index is 2.26. The first-order valence-corrected chi connectivity index (χ1v) is 7.66. The van der Waals surface area contributed by atoms with Crippen LogP contribution in [0.2, 0.25) is 0 Å². The summed E-state index contributed by atoms with van der Waals surface area (Å²) < 4.78 is 5.28. The largest absolute Gasteiger partial charge is 0.444 e. The second-order valence-corrected chi connectivity index (χ2v) is 6.67. The van der Waals surface area contributed by atoms with Gasteiger partial charge in [0.25, 0.3) is 0 Å². The van der Waals surface area contributed by atoms with Gasteiger partial charge in [-0.15, -0.1) is 0 Å². The lowest BCUT2D eigenvalue weighted by atomic mass is 10.0. The van der Waals surface area contributed by atoms with Crippen LogP contribution in [0.4, 0.5) is 4.79 Å². The SMILES string of the molecule is C[C@@H](CCCO)N1CCC(NC(=O)OC(C)(C)C)CC1. The monoisotopic (exact) mass is 286 g/mol. The molecule has 20 heavy (non-hydrogen) atoms. The van der Waals surface area contributed by atoms with E-state index in [1.165, 1.54) is 0 Å².